The summed E-state index contributed by atoms with van der Waals surface area (Å²) < 4.78 is 91.1. The minimum Gasteiger partial charge on any atom is -0.494 e. The average Bonchev–Trinajstić information content (AvgIpc) is 3.82. The van der Waals surface area contributed by atoms with E-state index < -0.39 is 23.5 Å². The van der Waals surface area contributed by atoms with Crippen LogP contribution in [0.15, 0.2) is 122 Å². The van der Waals surface area contributed by atoms with E-state index in [0.717, 1.165) is 67.5 Å². The van der Waals surface area contributed by atoms with Crippen molar-refractivity contribution in [1.29, 1.82) is 0 Å². The number of hydrogen-bond donors (Lipinski definition) is 0. The van der Waals surface area contributed by atoms with Crippen LogP contribution in [0.4, 0.5) is 26.3 Å². The maximum atomic E-state index is 12.7. The van der Waals surface area contributed by atoms with Gasteiger partial charge in [-0.3, -0.25) is 9.80 Å². The van der Waals surface area contributed by atoms with Gasteiger partial charge in [-0.15, -0.1) is 0 Å². The zero-order valence-electron chi connectivity index (χ0n) is 33.8. The van der Waals surface area contributed by atoms with E-state index in [1.54, 1.807) is 12.4 Å². The van der Waals surface area contributed by atoms with E-state index in [0.29, 0.717) is 55.8 Å². The fourth-order valence-electron chi connectivity index (χ4n) is 6.26. The third-order valence-electron chi connectivity index (χ3n) is 9.72. The van der Waals surface area contributed by atoms with Gasteiger partial charge in [0.1, 0.15) is 23.1 Å². The van der Waals surface area contributed by atoms with Crippen molar-refractivity contribution in [2.24, 2.45) is 14.1 Å². The lowest BCUT2D eigenvalue weighted by Crippen LogP contribution is -2.27. The van der Waals surface area contributed by atoms with Gasteiger partial charge in [0.15, 0.2) is 0 Å². The Morgan fingerprint density at radius 1 is 0.567 bits per heavy atom. The van der Waals surface area contributed by atoms with Gasteiger partial charge in [0.05, 0.1) is 37.4 Å². The van der Waals surface area contributed by atoms with Crippen molar-refractivity contribution >= 4 is 11.6 Å². The zero-order valence-corrected chi connectivity index (χ0v) is 34.5. The molecule has 0 saturated heterocycles. The maximum Gasteiger partial charge on any atom is 0.416 e. The van der Waals surface area contributed by atoms with Crippen molar-refractivity contribution in [3.63, 3.8) is 0 Å². The first kappa shape index (κ1) is 45.8. The molecule has 15 heteroatoms. The number of ether oxygens (including phenoxy) is 2. The molecule has 0 fully saturated rings. The number of rotatable bonds is 18. The third kappa shape index (κ3) is 14.5. The molecule has 0 N–H and O–H groups in total. The lowest BCUT2D eigenvalue weighted by molar-refractivity contribution is -0.138. The topological polar surface area (TPSA) is 60.6 Å². The molecule has 0 aliphatic heterocycles. The minimum atomic E-state index is -4.34. The van der Waals surface area contributed by atoms with Gasteiger partial charge in [-0.1, -0.05) is 54.1 Å². The Morgan fingerprint density at radius 2 is 0.983 bits per heavy atom. The summed E-state index contributed by atoms with van der Waals surface area (Å²) in [5, 5.41) is 0.711. The second kappa shape index (κ2) is 21.8. The smallest absolute Gasteiger partial charge is 0.416 e. The number of imidazole rings is 2. The van der Waals surface area contributed by atoms with E-state index in [-0.39, 0.29) is 0 Å². The quantitative estimate of drug-likeness (QED) is 0.0634. The van der Waals surface area contributed by atoms with Crippen LogP contribution in [0, 0.1) is 6.92 Å². The van der Waals surface area contributed by atoms with Crippen LogP contribution in [0.2, 0.25) is 5.02 Å². The molecule has 6 aromatic rings. The molecule has 320 valence electrons. The number of aromatic nitrogens is 4. The summed E-state index contributed by atoms with van der Waals surface area (Å²) in [5.41, 5.74) is 2.17. The van der Waals surface area contributed by atoms with Gasteiger partial charge in [-0.25, -0.2) is 9.97 Å². The Balaban J connectivity index is 0.000000228. The second-order valence-electron chi connectivity index (χ2n) is 14.3. The van der Waals surface area contributed by atoms with Gasteiger partial charge < -0.3 is 18.6 Å². The molecule has 0 amide bonds. The molecule has 0 aliphatic rings. The summed E-state index contributed by atoms with van der Waals surface area (Å²) in [4.78, 5) is 13.3. The summed E-state index contributed by atoms with van der Waals surface area (Å²) in [7, 11) is 3.92. The van der Waals surface area contributed by atoms with Crippen LogP contribution in [0.25, 0.3) is 0 Å². The molecule has 0 atom stereocenters. The van der Waals surface area contributed by atoms with Crippen molar-refractivity contribution < 1.29 is 35.8 Å². The Morgan fingerprint density at radius 3 is 1.38 bits per heavy atom. The van der Waals surface area contributed by atoms with E-state index in [4.69, 9.17) is 21.1 Å². The zero-order chi connectivity index (χ0) is 43.1. The number of nitrogens with zero attached hydrogens (tertiary/aromatic N) is 6. The number of benzene rings is 4. The van der Waals surface area contributed by atoms with Crippen LogP contribution < -0.4 is 9.47 Å². The number of alkyl halides is 6. The number of halogens is 7. The SMILES string of the molecule is Cc1ccccc1CN(CCCOc1ccc(C(F)(F)F)cc1)Cc1nccn1C.Cn1ccnc1CN(CCCOc1ccc(C(F)(F)F)cc1)Cc1ccccc1Cl. The lowest BCUT2D eigenvalue weighted by atomic mass is 10.1. The summed E-state index contributed by atoms with van der Waals surface area (Å²) in [6, 6.07) is 25.6. The van der Waals surface area contributed by atoms with Crippen molar-refractivity contribution in [3.05, 3.63) is 166 Å². The maximum absolute atomic E-state index is 12.7. The van der Waals surface area contributed by atoms with E-state index >= 15 is 0 Å². The molecule has 0 aliphatic carbocycles. The van der Waals surface area contributed by atoms with Gasteiger partial charge in [0.2, 0.25) is 0 Å². The van der Waals surface area contributed by atoms with Gasteiger partial charge in [0.25, 0.3) is 0 Å². The molecule has 0 bridgehead atoms. The summed E-state index contributed by atoms with van der Waals surface area (Å²) in [6.07, 6.45) is 0.146. The molecule has 60 heavy (non-hydrogen) atoms. The summed E-state index contributed by atoms with van der Waals surface area (Å²) >= 11 is 6.32. The number of hydrogen-bond acceptors (Lipinski definition) is 6. The largest absolute Gasteiger partial charge is 0.494 e. The standard InChI is InChI=1S/C23H26F3N3O.C22H23ClF3N3O/c1-18-6-3-4-7-19(18)16-29(17-22-27-12-14-28(22)2)13-5-15-30-21-10-8-20(9-11-21)23(24,25)26;1-28-13-11-27-21(28)16-29(15-17-5-2-3-6-20(17)23)12-4-14-30-19-9-7-18(8-10-19)22(24,25)26/h3-4,6-12,14H,5,13,15-17H2,1-2H3;2-3,5-11,13H,4,12,14-16H2,1H3. The first-order valence-corrected chi connectivity index (χ1v) is 19.8. The Bertz CT molecular complexity index is 2030. The number of aryl methyl sites for hydroxylation is 3. The van der Waals surface area contributed by atoms with E-state index in [1.165, 1.54) is 35.4 Å². The predicted molar refractivity (Wildman–Crippen MR) is 220 cm³/mol. The second-order valence-corrected chi connectivity index (χ2v) is 14.7. The molecule has 0 saturated carbocycles. The Labute approximate surface area is 352 Å². The molecule has 4 aromatic carbocycles. The first-order chi connectivity index (χ1) is 28.7. The molecule has 0 unspecified atom stereocenters. The predicted octanol–water partition coefficient (Wildman–Crippen LogP) is 10.8. The molecular weight excluding hydrogens is 806 g/mol. The fourth-order valence-corrected chi connectivity index (χ4v) is 6.45. The Kier molecular flexibility index (Phi) is 16.6. The molecule has 0 radical (unpaired) electrons. The van der Waals surface area contributed by atoms with E-state index in [9.17, 15) is 26.3 Å². The van der Waals surface area contributed by atoms with Gasteiger partial charge >= 0.3 is 12.4 Å². The van der Waals surface area contributed by atoms with Gasteiger partial charge in [0, 0.05) is 70.1 Å². The summed E-state index contributed by atoms with van der Waals surface area (Å²) in [6.45, 7) is 7.23. The van der Waals surface area contributed by atoms with Crippen molar-refractivity contribution in [1.82, 2.24) is 28.9 Å². The van der Waals surface area contributed by atoms with Crippen LogP contribution in [-0.2, 0) is 52.6 Å². The molecule has 2 heterocycles. The molecule has 2 aromatic heterocycles. The highest BCUT2D eigenvalue weighted by Gasteiger charge is 2.31. The van der Waals surface area contributed by atoms with Crippen LogP contribution in [0.1, 0.15) is 52.3 Å². The fraction of sp³-hybridized carbons (Fsp3) is 0.333. The normalized spacial score (nSPS) is 11.8. The van der Waals surface area contributed by atoms with Gasteiger partial charge in [-0.2, -0.15) is 26.3 Å². The minimum absolute atomic E-state index is 0.394. The highest BCUT2D eigenvalue weighted by Crippen LogP contribution is 2.31. The Hall–Kier alpha value is -5.31. The third-order valence-corrected chi connectivity index (χ3v) is 10.1. The highest BCUT2D eigenvalue weighted by atomic mass is 35.5. The lowest BCUT2D eigenvalue weighted by Gasteiger charge is -2.23. The van der Waals surface area contributed by atoms with Gasteiger partial charge in [-0.05, 0) is 91.1 Å². The van der Waals surface area contributed by atoms with Crippen molar-refractivity contribution in [3.8, 4) is 11.5 Å². The summed E-state index contributed by atoms with van der Waals surface area (Å²) in [5.74, 6) is 2.78. The van der Waals surface area contributed by atoms with E-state index in [1.807, 2.05) is 72.0 Å². The molecule has 0 spiro atoms. The monoisotopic (exact) mass is 854 g/mol. The molecular formula is C45H49ClF6N6O2. The van der Waals surface area contributed by atoms with Crippen LogP contribution in [-0.4, -0.2) is 55.2 Å². The molecule has 8 nitrogen and oxygen atoms in total. The first-order valence-electron chi connectivity index (χ1n) is 19.4. The molecule has 6 rings (SSSR count). The average molecular weight is 855 g/mol. The van der Waals surface area contributed by atoms with Crippen molar-refractivity contribution in [2.45, 2.75) is 58.3 Å². The van der Waals surface area contributed by atoms with Crippen LogP contribution >= 0.6 is 11.6 Å². The van der Waals surface area contributed by atoms with Crippen LogP contribution in [0.3, 0.4) is 0 Å². The van der Waals surface area contributed by atoms with Crippen LogP contribution in [0.5, 0.6) is 11.5 Å². The van der Waals surface area contributed by atoms with Crippen molar-refractivity contribution in [2.75, 3.05) is 26.3 Å². The van der Waals surface area contributed by atoms with E-state index in [2.05, 4.69) is 38.8 Å². The highest BCUT2D eigenvalue weighted by molar-refractivity contribution is 6.31.